The van der Waals surface area contributed by atoms with Crippen LogP contribution in [0.15, 0.2) is 41.3 Å². The van der Waals surface area contributed by atoms with Crippen molar-refractivity contribution in [2.75, 3.05) is 27.8 Å². The number of amides is 1. The molecule has 2 aromatic carbocycles. The van der Waals surface area contributed by atoms with Gasteiger partial charge in [0.2, 0.25) is 0 Å². The molecule has 3 N–H and O–H groups in total. The highest BCUT2D eigenvalue weighted by molar-refractivity contribution is 7.92. The van der Waals surface area contributed by atoms with Crippen LogP contribution in [0.2, 0.25) is 0 Å². The van der Waals surface area contributed by atoms with Gasteiger partial charge in [0.1, 0.15) is 16.4 Å². The summed E-state index contributed by atoms with van der Waals surface area (Å²) in [6, 6.07) is 10.5. The molecular weight excluding hydrogens is 462 g/mol. The van der Waals surface area contributed by atoms with Crippen LogP contribution in [-0.2, 0) is 22.9 Å². The molecular formula is C23H31N3O5S2. The van der Waals surface area contributed by atoms with Gasteiger partial charge in [-0.2, -0.15) is 0 Å². The van der Waals surface area contributed by atoms with Crippen molar-refractivity contribution < 1.29 is 22.7 Å². The Labute approximate surface area is 201 Å². The molecule has 0 spiro atoms. The zero-order chi connectivity index (χ0) is 24.4. The van der Waals surface area contributed by atoms with E-state index in [0.29, 0.717) is 24.3 Å². The van der Waals surface area contributed by atoms with Crippen LogP contribution in [-0.4, -0.2) is 47.2 Å². The Bertz CT molecular complexity index is 1090. The summed E-state index contributed by atoms with van der Waals surface area (Å²) in [6.07, 6.45) is 3.44. The Morgan fingerprint density at radius 3 is 2.24 bits per heavy atom. The monoisotopic (exact) mass is 493 g/mol. The summed E-state index contributed by atoms with van der Waals surface area (Å²) >= 11 is 4.91. The molecule has 0 saturated carbocycles. The van der Waals surface area contributed by atoms with E-state index in [0.717, 1.165) is 30.4 Å². The number of sulfonamides is 1. The van der Waals surface area contributed by atoms with E-state index in [1.165, 1.54) is 27.3 Å². The van der Waals surface area contributed by atoms with Crippen LogP contribution in [0.4, 0.5) is 0 Å². The van der Waals surface area contributed by atoms with Crippen LogP contribution in [0, 0.1) is 0 Å². The summed E-state index contributed by atoms with van der Waals surface area (Å²) in [5, 5.41) is 5.44. The third kappa shape index (κ3) is 7.33. The number of methoxy groups -OCH3 is 2. The first-order valence-electron chi connectivity index (χ1n) is 10.6. The Hall–Kier alpha value is -2.85. The lowest BCUT2D eigenvalue weighted by Gasteiger charge is -2.14. The third-order valence-corrected chi connectivity index (χ3v) is 6.80. The molecule has 8 nitrogen and oxygen atoms in total. The van der Waals surface area contributed by atoms with Crippen LogP contribution in [0.1, 0.15) is 41.3 Å². The number of hydrogen-bond acceptors (Lipinski definition) is 6. The molecule has 0 unspecified atom stereocenters. The molecule has 0 aliphatic carbocycles. The summed E-state index contributed by atoms with van der Waals surface area (Å²) in [4.78, 5) is 12.8. The summed E-state index contributed by atoms with van der Waals surface area (Å²) in [5.41, 5.74) is 2.28. The Kier molecular flexibility index (Phi) is 9.93. The predicted molar refractivity (Wildman–Crippen MR) is 133 cm³/mol. The van der Waals surface area contributed by atoms with Crippen molar-refractivity contribution in [3.8, 4) is 11.5 Å². The molecule has 0 aromatic heterocycles. The van der Waals surface area contributed by atoms with E-state index in [2.05, 4.69) is 22.3 Å². The fraction of sp³-hybridized carbons (Fsp3) is 0.391. The van der Waals surface area contributed by atoms with E-state index < -0.39 is 10.0 Å². The number of aryl methyl sites for hydroxylation is 1. The van der Waals surface area contributed by atoms with Crippen molar-refractivity contribution >= 4 is 33.3 Å². The molecule has 0 saturated heterocycles. The van der Waals surface area contributed by atoms with Gasteiger partial charge in [0.15, 0.2) is 5.11 Å². The van der Waals surface area contributed by atoms with Gasteiger partial charge in [-0.25, -0.2) is 8.42 Å². The van der Waals surface area contributed by atoms with Crippen molar-refractivity contribution in [2.24, 2.45) is 0 Å². The fourth-order valence-corrected chi connectivity index (χ4v) is 4.71. The van der Waals surface area contributed by atoms with E-state index >= 15 is 0 Å². The Morgan fingerprint density at radius 1 is 1.00 bits per heavy atom. The second kappa shape index (κ2) is 12.4. The van der Waals surface area contributed by atoms with Crippen molar-refractivity contribution in [1.82, 2.24) is 15.4 Å². The minimum absolute atomic E-state index is 0.0233. The number of carbonyl (C=O) groups excluding carboxylic acids is 1. The number of nitrogens with one attached hydrogen (secondary N) is 3. The lowest BCUT2D eigenvalue weighted by Crippen LogP contribution is -2.37. The normalized spacial score (nSPS) is 10.9. The molecule has 10 heteroatoms. The second-order valence-electron chi connectivity index (χ2n) is 7.31. The maximum Gasteiger partial charge on any atom is 0.267 e. The van der Waals surface area contributed by atoms with Crippen molar-refractivity contribution in [3.63, 3.8) is 0 Å². The number of rotatable bonds is 11. The van der Waals surface area contributed by atoms with Crippen molar-refractivity contribution in [1.29, 1.82) is 0 Å². The average Bonchev–Trinajstić information content (AvgIpc) is 2.81. The van der Waals surface area contributed by atoms with Crippen LogP contribution in [0.3, 0.4) is 0 Å². The number of hydrogen-bond donors (Lipinski definition) is 3. The van der Waals surface area contributed by atoms with Gasteiger partial charge >= 0.3 is 0 Å². The first kappa shape index (κ1) is 26.4. The molecule has 0 bridgehead atoms. The zero-order valence-corrected chi connectivity index (χ0v) is 21.0. The molecule has 0 atom stereocenters. The van der Waals surface area contributed by atoms with Gasteiger partial charge in [-0.05, 0) is 66.9 Å². The number of thiocarbonyl (C=S) groups is 1. The smallest absolute Gasteiger partial charge is 0.267 e. The molecule has 2 rings (SSSR count). The molecule has 0 radical (unpaired) electrons. The maximum atomic E-state index is 12.8. The minimum atomic E-state index is -3.93. The highest BCUT2D eigenvalue weighted by atomic mass is 32.2. The van der Waals surface area contributed by atoms with Gasteiger partial charge in [-0.1, -0.05) is 25.5 Å². The third-order valence-electron chi connectivity index (χ3n) is 5.00. The van der Waals surface area contributed by atoms with Gasteiger partial charge in [0.25, 0.3) is 15.9 Å². The van der Waals surface area contributed by atoms with Crippen LogP contribution in [0.25, 0.3) is 0 Å². The van der Waals surface area contributed by atoms with Gasteiger partial charge in [0, 0.05) is 13.6 Å². The first-order valence-corrected chi connectivity index (χ1v) is 12.5. The molecule has 0 aliphatic rings. The van der Waals surface area contributed by atoms with E-state index in [4.69, 9.17) is 21.7 Å². The predicted octanol–water partition coefficient (Wildman–Crippen LogP) is 2.80. The average molecular weight is 494 g/mol. The minimum Gasteiger partial charge on any atom is -0.496 e. The molecule has 1 amide bonds. The maximum absolute atomic E-state index is 12.8. The molecule has 0 heterocycles. The highest BCUT2D eigenvalue weighted by Crippen LogP contribution is 2.25. The first-order chi connectivity index (χ1) is 15.7. The Morgan fingerprint density at radius 2 is 1.64 bits per heavy atom. The second-order valence-corrected chi connectivity index (χ2v) is 9.37. The molecule has 2 aromatic rings. The van der Waals surface area contributed by atoms with E-state index in [-0.39, 0.29) is 21.7 Å². The molecule has 33 heavy (non-hydrogen) atoms. The lowest BCUT2D eigenvalue weighted by atomic mass is 10.0. The SMILES string of the molecule is CCCCc1ccc(OC)c(C(=O)NCCc2ccc(OC)c(S(=O)(=O)NC(=S)NC)c2)c1. The largest absolute Gasteiger partial charge is 0.496 e. The summed E-state index contributed by atoms with van der Waals surface area (Å²) in [6.45, 7) is 2.44. The molecule has 0 aliphatic heterocycles. The molecule has 0 fully saturated rings. The van der Waals surface area contributed by atoms with Crippen molar-refractivity contribution in [3.05, 3.63) is 53.1 Å². The summed E-state index contributed by atoms with van der Waals surface area (Å²) in [7, 11) is 0.526. The number of unbranched alkanes of at least 4 members (excludes halogenated alkanes) is 1. The standard InChI is InChI=1S/C23H31N3O5S2/c1-5-6-7-16-8-10-19(30-3)18(14-16)22(27)25-13-12-17-9-11-20(31-4)21(15-17)33(28,29)26-23(32)24-2/h8-11,14-15H,5-7,12-13H2,1-4H3,(H,25,27)(H2,24,26,32). The topological polar surface area (TPSA) is 106 Å². The Balaban J connectivity index is 2.13. The van der Waals surface area contributed by atoms with Gasteiger partial charge in [0.05, 0.1) is 19.8 Å². The fourth-order valence-electron chi connectivity index (χ4n) is 3.20. The van der Waals surface area contributed by atoms with E-state index in [1.807, 2.05) is 18.2 Å². The van der Waals surface area contributed by atoms with Crippen LogP contribution < -0.4 is 24.8 Å². The van der Waals surface area contributed by atoms with Gasteiger partial charge < -0.3 is 20.1 Å². The van der Waals surface area contributed by atoms with Gasteiger partial charge in [-0.15, -0.1) is 0 Å². The number of carbonyl (C=O) groups is 1. The summed E-state index contributed by atoms with van der Waals surface area (Å²) in [5.74, 6) is 0.465. The van der Waals surface area contributed by atoms with Crippen molar-refractivity contribution in [2.45, 2.75) is 37.5 Å². The van der Waals surface area contributed by atoms with E-state index in [1.54, 1.807) is 12.1 Å². The lowest BCUT2D eigenvalue weighted by molar-refractivity contribution is 0.0951. The van der Waals surface area contributed by atoms with Gasteiger partial charge in [-0.3, -0.25) is 9.52 Å². The summed E-state index contributed by atoms with van der Waals surface area (Å²) < 4.78 is 38.2. The number of ether oxygens (including phenoxy) is 2. The highest BCUT2D eigenvalue weighted by Gasteiger charge is 2.21. The quantitative estimate of drug-likeness (QED) is 0.413. The van der Waals surface area contributed by atoms with Crippen LogP contribution >= 0.6 is 12.2 Å². The van der Waals surface area contributed by atoms with E-state index in [9.17, 15) is 13.2 Å². The molecule has 180 valence electrons. The number of benzene rings is 2. The van der Waals surface area contributed by atoms with Crippen LogP contribution in [0.5, 0.6) is 11.5 Å². The zero-order valence-electron chi connectivity index (χ0n) is 19.4.